The molecule has 0 spiro atoms. The number of carbonyl (C=O) groups is 1. The Kier molecular flexibility index (Phi) is 2.46. The Labute approximate surface area is 92.7 Å². The number of rotatable bonds is 2. The van der Waals surface area contributed by atoms with Crippen LogP contribution in [0.25, 0.3) is 5.82 Å². The zero-order valence-electron chi connectivity index (χ0n) is 7.33. The van der Waals surface area contributed by atoms with Gasteiger partial charge in [0.25, 0.3) is 0 Å². The van der Waals surface area contributed by atoms with E-state index in [0.29, 0.717) is 5.82 Å². The first kappa shape index (κ1) is 9.78. The summed E-state index contributed by atoms with van der Waals surface area (Å²) in [5.74, 6) is -0.600. The van der Waals surface area contributed by atoms with E-state index in [2.05, 4.69) is 31.2 Å². The standard InChI is InChI=1S/C8H5BrN4O2/c9-5-1-2-7(10-3-5)13-4-6(8(14)15)11-12-13/h1-4H,(H,14,15). The van der Waals surface area contributed by atoms with Crippen molar-refractivity contribution in [1.82, 2.24) is 20.0 Å². The second-order valence-corrected chi connectivity index (χ2v) is 3.60. The van der Waals surface area contributed by atoms with Crippen molar-refractivity contribution in [2.24, 2.45) is 0 Å². The number of nitrogens with zero attached hydrogens (tertiary/aromatic N) is 4. The maximum absolute atomic E-state index is 10.6. The molecular formula is C8H5BrN4O2. The second-order valence-electron chi connectivity index (χ2n) is 2.69. The van der Waals surface area contributed by atoms with Crippen molar-refractivity contribution >= 4 is 21.9 Å². The first-order valence-electron chi connectivity index (χ1n) is 3.94. The van der Waals surface area contributed by atoms with Crippen molar-refractivity contribution in [3.05, 3.63) is 34.7 Å². The molecule has 0 saturated heterocycles. The average molecular weight is 269 g/mol. The number of carboxylic acids is 1. The van der Waals surface area contributed by atoms with Gasteiger partial charge in [-0.1, -0.05) is 5.21 Å². The molecule has 0 amide bonds. The zero-order valence-corrected chi connectivity index (χ0v) is 8.92. The smallest absolute Gasteiger partial charge is 0.358 e. The van der Waals surface area contributed by atoms with Gasteiger partial charge in [0.05, 0.1) is 6.20 Å². The summed E-state index contributed by atoms with van der Waals surface area (Å²) in [7, 11) is 0. The number of hydrogen-bond donors (Lipinski definition) is 1. The van der Waals surface area contributed by atoms with Gasteiger partial charge in [-0.2, -0.15) is 0 Å². The lowest BCUT2D eigenvalue weighted by atomic mass is 10.4. The second kappa shape index (κ2) is 3.77. The van der Waals surface area contributed by atoms with E-state index in [0.717, 1.165) is 4.47 Å². The molecule has 6 nitrogen and oxygen atoms in total. The van der Waals surface area contributed by atoms with Crippen molar-refractivity contribution in [3.8, 4) is 5.82 Å². The normalized spacial score (nSPS) is 10.2. The SMILES string of the molecule is O=C(O)c1cn(-c2ccc(Br)cn2)nn1. The molecule has 0 aliphatic carbocycles. The summed E-state index contributed by atoms with van der Waals surface area (Å²) >= 11 is 3.24. The summed E-state index contributed by atoms with van der Waals surface area (Å²) in [6.07, 6.45) is 2.90. The monoisotopic (exact) mass is 268 g/mol. The summed E-state index contributed by atoms with van der Waals surface area (Å²) in [6.45, 7) is 0. The van der Waals surface area contributed by atoms with Crippen LogP contribution in [0.4, 0.5) is 0 Å². The molecule has 2 rings (SSSR count). The Hall–Kier alpha value is -1.76. The maximum Gasteiger partial charge on any atom is 0.358 e. The molecule has 0 aromatic carbocycles. The van der Waals surface area contributed by atoms with Gasteiger partial charge in [-0.3, -0.25) is 0 Å². The van der Waals surface area contributed by atoms with Gasteiger partial charge in [-0.15, -0.1) is 5.10 Å². The largest absolute Gasteiger partial charge is 0.476 e. The lowest BCUT2D eigenvalue weighted by molar-refractivity contribution is 0.0690. The Morgan fingerprint density at radius 1 is 1.47 bits per heavy atom. The lowest BCUT2D eigenvalue weighted by Gasteiger charge is -1.97. The molecule has 0 bridgehead atoms. The predicted molar refractivity (Wildman–Crippen MR) is 53.8 cm³/mol. The van der Waals surface area contributed by atoms with Gasteiger partial charge in [0.15, 0.2) is 11.5 Å². The highest BCUT2D eigenvalue weighted by molar-refractivity contribution is 9.10. The number of halogens is 1. The van der Waals surface area contributed by atoms with E-state index in [1.807, 2.05) is 0 Å². The highest BCUT2D eigenvalue weighted by Gasteiger charge is 2.09. The predicted octanol–water partition coefficient (Wildman–Crippen LogP) is 1.12. The van der Waals surface area contributed by atoms with E-state index in [4.69, 9.17) is 5.11 Å². The van der Waals surface area contributed by atoms with Crippen molar-refractivity contribution in [1.29, 1.82) is 0 Å². The first-order valence-corrected chi connectivity index (χ1v) is 4.73. The van der Waals surface area contributed by atoms with Crippen LogP contribution in [0.15, 0.2) is 29.0 Å². The maximum atomic E-state index is 10.6. The third-order valence-electron chi connectivity index (χ3n) is 1.66. The minimum atomic E-state index is -1.11. The van der Waals surface area contributed by atoms with E-state index in [1.165, 1.54) is 10.9 Å². The van der Waals surface area contributed by atoms with Crippen LogP contribution in [-0.2, 0) is 0 Å². The molecule has 0 fully saturated rings. The topological polar surface area (TPSA) is 80.9 Å². The van der Waals surface area contributed by atoms with Crippen LogP contribution in [-0.4, -0.2) is 31.1 Å². The van der Waals surface area contributed by atoms with E-state index < -0.39 is 5.97 Å². The number of pyridine rings is 1. The van der Waals surface area contributed by atoms with Gasteiger partial charge in [0.2, 0.25) is 0 Å². The van der Waals surface area contributed by atoms with E-state index in [1.54, 1.807) is 18.3 Å². The molecule has 0 unspecified atom stereocenters. The molecule has 0 radical (unpaired) electrons. The third kappa shape index (κ3) is 2.01. The molecule has 7 heteroatoms. The van der Waals surface area contributed by atoms with Crippen LogP contribution >= 0.6 is 15.9 Å². The van der Waals surface area contributed by atoms with Gasteiger partial charge >= 0.3 is 5.97 Å². The Morgan fingerprint density at radius 2 is 2.27 bits per heavy atom. The number of aromatic nitrogens is 4. The van der Waals surface area contributed by atoms with Crippen molar-refractivity contribution in [3.63, 3.8) is 0 Å². The highest BCUT2D eigenvalue weighted by atomic mass is 79.9. The lowest BCUT2D eigenvalue weighted by Crippen LogP contribution is -1.97. The van der Waals surface area contributed by atoms with Crippen LogP contribution in [0, 0.1) is 0 Å². The molecule has 2 aromatic heterocycles. The summed E-state index contributed by atoms with van der Waals surface area (Å²) in [5.41, 5.74) is -0.111. The number of aromatic carboxylic acids is 1. The van der Waals surface area contributed by atoms with Crippen molar-refractivity contribution in [2.45, 2.75) is 0 Å². The molecule has 0 saturated carbocycles. The van der Waals surface area contributed by atoms with Gasteiger partial charge in [-0.25, -0.2) is 14.5 Å². The van der Waals surface area contributed by atoms with E-state index >= 15 is 0 Å². The van der Waals surface area contributed by atoms with E-state index in [-0.39, 0.29) is 5.69 Å². The van der Waals surface area contributed by atoms with Crippen LogP contribution in [0.5, 0.6) is 0 Å². The summed E-state index contributed by atoms with van der Waals surface area (Å²) < 4.78 is 2.14. The molecule has 2 heterocycles. The third-order valence-corrected chi connectivity index (χ3v) is 2.13. The van der Waals surface area contributed by atoms with Crippen LogP contribution in [0.2, 0.25) is 0 Å². The fourth-order valence-electron chi connectivity index (χ4n) is 0.977. The fraction of sp³-hybridized carbons (Fsp3) is 0. The van der Waals surface area contributed by atoms with Crippen molar-refractivity contribution < 1.29 is 9.90 Å². The molecular weight excluding hydrogens is 264 g/mol. The summed E-state index contributed by atoms with van der Waals surface area (Å²) in [4.78, 5) is 14.6. The Balaban J connectivity index is 2.37. The quantitative estimate of drug-likeness (QED) is 0.883. The first-order chi connectivity index (χ1) is 7.16. The van der Waals surface area contributed by atoms with Gasteiger partial charge in [0, 0.05) is 10.7 Å². The molecule has 1 N–H and O–H groups in total. The highest BCUT2D eigenvalue weighted by Crippen LogP contribution is 2.09. The van der Waals surface area contributed by atoms with Crippen molar-refractivity contribution in [2.75, 3.05) is 0 Å². The minimum absolute atomic E-state index is 0.111. The van der Waals surface area contributed by atoms with Crippen LogP contribution in [0.1, 0.15) is 10.5 Å². The number of hydrogen-bond acceptors (Lipinski definition) is 4. The molecule has 2 aromatic rings. The average Bonchev–Trinajstić information content (AvgIpc) is 2.68. The fourth-order valence-corrected chi connectivity index (χ4v) is 1.21. The molecule has 0 aliphatic rings. The van der Waals surface area contributed by atoms with Gasteiger partial charge in [0.1, 0.15) is 0 Å². The Bertz CT molecular complexity index is 494. The summed E-state index contributed by atoms with van der Waals surface area (Å²) in [5, 5.41) is 15.8. The molecule has 15 heavy (non-hydrogen) atoms. The summed E-state index contributed by atoms with van der Waals surface area (Å²) in [6, 6.07) is 3.48. The van der Waals surface area contributed by atoms with Crippen LogP contribution in [0.3, 0.4) is 0 Å². The minimum Gasteiger partial charge on any atom is -0.476 e. The van der Waals surface area contributed by atoms with Crippen LogP contribution < -0.4 is 0 Å². The zero-order chi connectivity index (χ0) is 10.8. The van der Waals surface area contributed by atoms with Gasteiger partial charge < -0.3 is 5.11 Å². The molecule has 76 valence electrons. The molecule has 0 aliphatic heterocycles. The van der Waals surface area contributed by atoms with Gasteiger partial charge in [-0.05, 0) is 28.1 Å². The number of carboxylic acid groups (broad SMARTS) is 1. The molecule has 0 atom stereocenters. The van der Waals surface area contributed by atoms with E-state index in [9.17, 15) is 4.79 Å². The Morgan fingerprint density at radius 3 is 2.80 bits per heavy atom.